The molecule has 2 aliphatic rings. The van der Waals surface area contributed by atoms with E-state index < -0.39 is 10.8 Å². The van der Waals surface area contributed by atoms with Crippen LogP contribution >= 0.6 is 11.6 Å². The van der Waals surface area contributed by atoms with Gasteiger partial charge in [-0.15, -0.1) is 0 Å². The summed E-state index contributed by atoms with van der Waals surface area (Å²) in [5.41, 5.74) is 1.28. The number of nitrogens with zero attached hydrogens (tertiary/aromatic N) is 2. The van der Waals surface area contributed by atoms with Gasteiger partial charge in [0.2, 0.25) is 0 Å². The van der Waals surface area contributed by atoms with Crippen LogP contribution in [-0.4, -0.2) is 57.4 Å². The zero-order valence-corrected chi connectivity index (χ0v) is 19.3. The molecule has 1 aromatic carbocycles. The Balaban J connectivity index is 1.44. The summed E-state index contributed by atoms with van der Waals surface area (Å²) in [5, 5.41) is 0.765. The Morgan fingerprint density at radius 1 is 1.20 bits per heavy atom. The molecule has 0 amide bonds. The standard InChI is InChI=1S/C23H31ClN2O3S/c1-16-12-25-23(29-16)18-5-9-20(10-6-18)26-13-22(15-30(2)27)28-14-21(26)11-17-3-7-19(24)8-4-17/h3-4,7-8,12,18,20-22H,5-6,9-11,13-15H2,1-2H3. The van der Waals surface area contributed by atoms with Crippen LogP contribution in [-0.2, 0) is 22.0 Å². The average Bonchev–Trinajstić information content (AvgIpc) is 3.17. The number of aryl methyl sites for hydroxylation is 1. The second-order valence-electron chi connectivity index (χ2n) is 8.69. The Bertz CT molecular complexity index is 848. The first-order chi connectivity index (χ1) is 14.5. The third kappa shape index (κ3) is 5.52. The van der Waals surface area contributed by atoms with Crippen molar-refractivity contribution in [2.24, 2.45) is 0 Å². The maximum absolute atomic E-state index is 11.8. The molecule has 3 unspecified atom stereocenters. The molecule has 164 valence electrons. The van der Waals surface area contributed by atoms with Gasteiger partial charge in [0.1, 0.15) is 5.76 Å². The van der Waals surface area contributed by atoms with E-state index >= 15 is 0 Å². The van der Waals surface area contributed by atoms with Crippen LogP contribution in [0.2, 0.25) is 5.02 Å². The molecule has 1 aliphatic carbocycles. The van der Waals surface area contributed by atoms with Crippen LogP contribution in [0.25, 0.3) is 0 Å². The molecule has 0 spiro atoms. The van der Waals surface area contributed by atoms with Crippen LogP contribution in [0.4, 0.5) is 0 Å². The molecule has 1 saturated carbocycles. The van der Waals surface area contributed by atoms with Gasteiger partial charge in [0, 0.05) is 46.6 Å². The number of ether oxygens (including phenoxy) is 1. The fourth-order valence-corrected chi connectivity index (χ4v) is 5.72. The molecule has 30 heavy (non-hydrogen) atoms. The predicted octanol–water partition coefficient (Wildman–Crippen LogP) is 4.35. The van der Waals surface area contributed by atoms with Gasteiger partial charge in [-0.1, -0.05) is 23.7 Å². The molecular formula is C23H31ClN2O3S. The van der Waals surface area contributed by atoms with E-state index in [2.05, 4.69) is 22.0 Å². The molecule has 0 N–H and O–H groups in total. The van der Waals surface area contributed by atoms with Crippen LogP contribution < -0.4 is 0 Å². The van der Waals surface area contributed by atoms with Crippen molar-refractivity contribution in [3.8, 4) is 0 Å². The van der Waals surface area contributed by atoms with Crippen molar-refractivity contribution < 1.29 is 13.4 Å². The molecule has 1 saturated heterocycles. The van der Waals surface area contributed by atoms with E-state index in [0.29, 0.717) is 30.4 Å². The highest BCUT2D eigenvalue weighted by atomic mass is 35.5. The first-order valence-corrected chi connectivity index (χ1v) is 12.9. The largest absolute Gasteiger partial charge is 0.446 e. The Kier molecular flexibility index (Phi) is 7.29. The van der Waals surface area contributed by atoms with Crippen molar-refractivity contribution in [2.75, 3.05) is 25.2 Å². The number of hydrogen-bond donors (Lipinski definition) is 0. The Hall–Kier alpha value is -1.21. The normalized spacial score (nSPS) is 29.0. The van der Waals surface area contributed by atoms with Gasteiger partial charge in [-0.3, -0.25) is 9.11 Å². The molecule has 2 fully saturated rings. The molecule has 3 atom stereocenters. The molecule has 5 nitrogen and oxygen atoms in total. The van der Waals surface area contributed by atoms with E-state index in [1.54, 1.807) is 6.26 Å². The van der Waals surface area contributed by atoms with Crippen molar-refractivity contribution in [1.82, 2.24) is 9.88 Å². The molecule has 2 aromatic rings. The predicted molar refractivity (Wildman–Crippen MR) is 121 cm³/mol. The number of aromatic nitrogens is 1. The fourth-order valence-electron chi connectivity index (χ4n) is 4.87. The third-order valence-corrected chi connectivity index (χ3v) is 7.46. The number of oxazole rings is 1. The van der Waals surface area contributed by atoms with Gasteiger partial charge in [0.15, 0.2) is 5.89 Å². The summed E-state index contributed by atoms with van der Waals surface area (Å²) in [6.07, 6.45) is 9.02. The van der Waals surface area contributed by atoms with E-state index in [1.807, 2.05) is 25.3 Å². The summed E-state index contributed by atoms with van der Waals surface area (Å²) in [5.74, 6) is 2.81. The summed E-state index contributed by atoms with van der Waals surface area (Å²) in [6, 6.07) is 8.98. The highest BCUT2D eigenvalue weighted by Gasteiger charge is 2.36. The number of halogens is 1. The van der Waals surface area contributed by atoms with E-state index in [9.17, 15) is 4.21 Å². The lowest BCUT2D eigenvalue weighted by Crippen LogP contribution is -2.56. The summed E-state index contributed by atoms with van der Waals surface area (Å²) < 4.78 is 23.7. The van der Waals surface area contributed by atoms with Crippen molar-refractivity contribution >= 4 is 22.4 Å². The Morgan fingerprint density at radius 2 is 1.93 bits per heavy atom. The molecule has 0 bridgehead atoms. The molecule has 7 heteroatoms. The number of hydrogen-bond acceptors (Lipinski definition) is 5. The van der Waals surface area contributed by atoms with Gasteiger partial charge in [0.05, 0.1) is 24.7 Å². The van der Waals surface area contributed by atoms with Crippen LogP contribution in [0, 0.1) is 6.92 Å². The average molecular weight is 451 g/mol. The molecule has 2 heterocycles. The van der Waals surface area contributed by atoms with Gasteiger partial charge in [0.25, 0.3) is 0 Å². The van der Waals surface area contributed by atoms with E-state index in [1.165, 1.54) is 5.56 Å². The molecule has 1 aromatic heterocycles. The maximum atomic E-state index is 11.8. The summed E-state index contributed by atoms with van der Waals surface area (Å²) in [4.78, 5) is 7.09. The van der Waals surface area contributed by atoms with Gasteiger partial charge >= 0.3 is 0 Å². The van der Waals surface area contributed by atoms with E-state index in [0.717, 1.165) is 55.3 Å². The smallest absolute Gasteiger partial charge is 0.197 e. The SMILES string of the molecule is Cc1cnc(C2CCC(N3CC(CS(C)=O)OCC3Cc3ccc(Cl)cc3)CC2)o1. The summed E-state index contributed by atoms with van der Waals surface area (Å²) >= 11 is 6.06. The second kappa shape index (κ2) is 9.94. The highest BCUT2D eigenvalue weighted by Crippen LogP contribution is 2.36. The summed E-state index contributed by atoms with van der Waals surface area (Å²) in [7, 11) is -0.850. The quantitative estimate of drug-likeness (QED) is 0.654. The molecule has 4 rings (SSSR count). The van der Waals surface area contributed by atoms with Crippen molar-refractivity contribution in [3.63, 3.8) is 0 Å². The zero-order chi connectivity index (χ0) is 21.1. The minimum Gasteiger partial charge on any atom is -0.446 e. The monoisotopic (exact) mass is 450 g/mol. The van der Waals surface area contributed by atoms with Crippen LogP contribution in [0.1, 0.15) is 48.8 Å². The van der Waals surface area contributed by atoms with Crippen molar-refractivity contribution in [1.29, 1.82) is 0 Å². The number of benzene rings is 1. The Labute approximate surface area is 186 Å². The Morgan fingerprint density at radius 3 is 2.57 bits per heavy atom. The first-order valence-electron chi connectivity index (χ1n) is 10.8. The molecular weight excluding hydrogens is 420 g/mol. The van der Waals surface area contributed by atoms with Crippen molar-refractivity contribution in [2.45, 2.75) is 63.1 Å². The lowest BCUT2D eigenvalue weighted by Gasteiger charge is -2.46. The summed E-state index contributed by atoms with van der Waals surface area (Å²) in [6.45, 7) is 3.49. The minimum atomic E-state index is -0.850. The molecule has 1 aliphatic heterocycles. The lowest BCUT2D eigenvalue weighted by molar-refractivity contribution is -0.0755. The van der Waals surface area contributed by atoms with Gasteiger partial charge in [-0.2, -0.15) is 0 Å². The van der Waals surface area contributed by atoms with E-state index in [4.69, 9.17) is 20.8 Å². The van der Waals surface area contributed by atoms with Crippen LogP contribution in [0.3, 0.4) is 0 Å². The lowest BCUT2D eigenvalue weighted by atomic mass is 9.84. The van der Waals surface area contributed by atoms with Crippen LogP contribution in [0.15, 0.2) is 34.9 Å². The number of rotatable bonds is 6. The first kappa shape index (κ1) is 22.0. The fraction of sp³-hybridized carbons (Fsp3) is 0.609. The van der Waals surface area contributed by atoms with Gasteiger partial charge in [-0.25, -0.2) is 4.98 Å². The molecule has 0 radical (unpaired) electrons. The topological polar surface area (TPSA) is 55.6 Å². The van der Waals surface area contributed by atoms with E-state index in [-0.39, 0.29) is 6.10 Å². The van der Waals surface area contributed by atoms with Gasteiger partial charge < -0.3 is 9.15 Å². The zero-order valence-electron chi connectivity index (χ0n) is 17.8. The van der Waals surface area contributed by atoms with Crippen LogP contribution in [0.5, 0.6) is 0 Å². The van der Waals surface area contributed by atoms with Gasteiger partial charge in [-0.05, 0) is 56.7 Å². The maximum Gasteiger partial charge on any atom is 0.197 e. The third-order valence-electron chi connectivity index (χ3n) is 6.37. The second-order valence-corrected chi connectivity index (χ2v) is 10.6. The highest BCUT2D eigenvalue weighted by molar-refractivity contribution is 7.84. The minimum absolute atomic E-state index is 0.0458. The van der Waals surface area contributed by atoms with Crippen molar-refractivity contribution in [3.05, 3.63) is 52.7 Å². The number of morpholine rings is 1.